The summed E-state index contributed by atoms with van der Waals surface area (Å²) in [4.78, 5) is 0. The highest BCUT2D eigenvalue weighted by atomic mass is 32.2. The summed E-state index contributed by atoms with van der Waals surface area (Å²) in [5.74, 6) is -0.915. The maximum Gasteiger partial charge on any atom is 0.211 e. The van der Waals surface area contributed by atoms with Crippen molar-refractivity contribution in [2.75, 3.05) is 19.5 Å². The topological polar surface area (TPSA) is 105 Å². The van der Waals surface area contributed by atoms with E-state index in [9.17, 15) is 12.8 Å². The van der Waals surface area contributed by atoms with E-state index in [4.69, 9.17) is 15.9 Å². The first-order valence-corrected chi connectivity index (χ1v) is 7.60. The number of benzene rings is 1. The monoisotopic (exact) mass is 303 g/mol. The van der Waals surface area contributed by atoms with Crippen molar-refractivity contribution in [2.45, 2.75) is 13.0 Å². The van der Waals surface area contributed by atoms with E-state index in [1.54, 1.807) is 0 Å². The Bertz CT molecular complexity index is 575. The van der Waals surface area contributed by atoms with Crippen LogP contribution in [0.5, 0.6) is 0 Å². The van der Waals surface area contributed by atoms with E-state index < -0.39 is 15.8 Å². The van der Waals surface area contributed by atoms with Crippen LogP contribution in [0.25, 0.3) is 0 Å². The summed E-state index contributed by atoms with van der Waals surface area (Å²) in [6.45, 7) is 0.210. The second kappa shape index (κ2) is 7.32. The molecule has 0 amide bonds. The number of nitrogen functional groups attached to an aromatic ring is 1. The van der Waals surface area contributed by atoms with Crippen LogP contribution in [-0.2, 0) is 21.3 Å². The Kier molecular flexibility index (Phi) is 6.05. The van der Waals surface area contributed by atoms with E-state index in [1.165, 1.54) is 19.2 Å². The molecule has 0 aromatic heterocycles. The summed E-state index contributed by atoms with van der Waals surface area (Å²) in [5, 5.41) is 7.19. The molecule has 0 saturated heterocycles. The third-order valence-electron chi connectivity index (χ3n) is 2.61. The molecule has 4 N–H and O–H groups in total. The van der Waals surface area contributed by atoms with Crippen LogP contribution in [0.2, 0.25) is 0 Å². The van der Waals surface area contributed by atoms with Gasteiger partial charge < -0.3 is 10.5 Å². The zero-order valence-corrected chi connectivity index (χ0v) is 12.0. The predicted molar refractivity (Wildman–Crippen MR) is 74.5 cm³/mol. The number of rotatable bonds is 8. The molecule has 20 heavy (non-hydrogen) atoms. The average Bonchev–Trinajstić information content (AvgIpc) is 2.37. The minimum absolute atomic E-state index is 0.0754. The van der Waals surface area contributed by atoms with Crippen molar-refractivity contribution in [1.82, 2.24) is 4.72 Å². The number of hydrogen-bond donors (Lipinski definition) is 3. The smallest absolute Gasteiger partial charge is 0.211 e. The van der Waals surface area contributed by atoms with E-state index in [2.05, 4.69) is 4.72 Å². The lowest BCUT2D eigenvalue weighted by Gasteiger charge is -2.08. The van der Waals surface area contributed by atoms with Crippen molar-refractivity contribution in [2.24, 2.45) is 5.73 Å². The number of nitrogens with one attached hydrogen (secondary N) is 2. The quantitative estimate of drug-likeness (QED) is 0.371. The van der Waals surface area contributed by atoms with Gasteiger partial charge in [0.05, 0.1) is 5.75 Å². The number of ether oxygens (including phenoxy) is 1. The fourth-order valence-corrected chi connectivity index (χ4v) is 2.53. The van der Waals surface area contributed by atoms with Gasteiger partial charge in [-0.15, -0.1) is 0 Å². The van der Waals surface area contributed by atoms with E-state index in [0.29, 0.717) is 13.0 Å². The molecule has 0 aliphatic heterocycles. The van der Waals surface area contributed by atoms with Crippen molar-refractivity contribution in [3.8, 4) is 0 Å². The van der Waals surface area contributed by atoms with E-state index in [0.717, 1.165) is 6.07 Å². The zero-order chi connectivity index (χ0) is 15.2. The molecule has 0 fully saturated rings. The Morgan fingerprint density at radius 2 is 2.20 bits per heavy atom. The molecule has 0 bridgehead atoms. The molecule has 112 valence electrons. The number of amidine groups is 1. The summed E-state index contributed by atoms with van der Waals surface area (Å²) in [6, 6.07) is 3.99. The average molecular weight is 303 g/mol. The van der Waals surface area contributed by atoms with Gasteiger partial charge >= 0.3 is 0 Å². The molecule has 6 nitrogen and oxygen atoms in total. The Morgan fingerprint density at radius 3 is 2.75 bits per heavy atom. The van der Waals surface area contributed by atoms with Gasteiger partial charge in [-0.25, -0.2) is 17.5 Å². The highest BCUT2D eigenvalue weighted by Gasteiger charge is 2.12. The minimum atomic E-state index is -3.46. The molecule has 0 aliphatic carbocycles. The molecule has 0 radical (unpaired) electrons. The number of halogens is 1. The van der Waals surface area contributed by atoms with Crippen LogP contribution < -0.4 is 10.5 Å². The van der Waals surface area contributed by atoms with Gasteiger partial charge in [-0.2, -0.15) is 0 Å². The number of methoxy groups -OCH3 is 1. The summed E-state index contributed by atoms with van der Waals surface area (Å²) in [7, 11) is -1.97. The SMILES string of the molecule is COCCCS(=O)(=O)NCc1ccc(C(=N)N)cc1F. The predicted octanol–water partition coefficient (Wildman–Crippen LogP) is 0.566. The Morgan fingerprint density at radius 1 is 1.50 bits per heavy atom. The van der Waals surface area contributed by atoms with Gasteiger partial charge in [-0.05, 0) is 12.5 Å². The molecule has 8 heteroatoms. The maximum absolute atomic E-state index is 13.7. The first-order chi connectivity index (χ1) is 9.35. The van der Waals surface area contributed by atoms with Crippen molar-refractivity contribution in [3.63, 3.8) is 0 Å². The van der Waals surface area contributed by atoms with Gasteiger partial charge in [0.1, 0.15) is 11.7 Å². The van der Waals surface area contributed by atoms with Gasteiger partial charge in [0.25, 0.3) is 0 Å². The summed E-state index contributed by atoms with van der Waals surface area (Å²) in [6.07, 6.45) is 0.373. The van der Waals surface area contributed by atoms with Gasteiger partial charge in [0.2, 0.25) is 10.0 Å². The van der Waals surface area contributed by atoms with E-state index >= 15 is 0 Å². The molecule has 1 rings (SSSR count). The van der Waals surface area contributed by atoms with Gasteiger partial charge in [0, 0.05) is 31.4 Å². The summed E-state index contributed by atoms with van der Waals surface area (Å²) >= 11 is 0. The molecular formula is C12H18FN3O3S. The van der Waals surface area contributed by atoms with Crippen LogP contribution in [0, 0.1) is 11.2 Å². The van der Waals surface area contributed by atoms with Crippen LogP contribution in [0.3, 0.4) is 0 Å². The Balaban J connectivity index is 2.63. The Hall–Kier alpha value is -1.51. The van der Waals surface area contributed by atoms with Crippen molar-refractivity contribution in [1.29, 1.82) is 5.41 Å². The van der Waals surface area contributed by atoms with Crippen molar-refractivity contribution in [3.05, 3.63) is 35.1 Å². The highest BCUT2D eigenvalue weighted by Crippen LogP contribution is 2.10. The summed E-state index contributed by atoms with van der Waals surface area (Å²) < 4.78 is 44.0. The minimum Gasteiger partial charge on any atom is -0.385 e. The molecule has 0 saturated carbocycles. The molecular weight excluding hydrogens is 285 g/mol. The first kappa shape index (κ1) is 16.5. The third-order valence-corrected chi connectivity index (χ3v) is 4.02. The van der Waals surface area contributed by atoms with Crippen LogP contribution in [0.4, 0.5) is 4.39 Å². The van der Waals surface area contributed by atoms with Crippen molar-refractivity contribution >= 4 is 15.9 Å². The van der Waals surface area contributed by atoms with Crippen LogP contribution >= 0.6 is 0 Å². The van der Waals surface area contributed by atoms with Crippen molar-refractivity contribution < 1.29 is 17.5 Å². The molecule has 1 aromatic carbocycles. The highest BCUT2D eigenvalue weighted by molar-refractivity contribution is 7.89. The third kappa shape index (κ3) is 5.24. The fourth-order valence-electron chi connectivity index (χ4n) is 1.51. The number of sulfonamides is 1. The molecule has 0 aliphatic rings. The second-order valence-electron chi connectivity index (χ2n) is 4.21. The fraction of sp³-hybridized carbons (Fsp3) is 0.417. The second-order valence-corrected chi connectivity index (χ2v) is 6.13. The zero-order valence-electron chi connectivity index (χ0n) is 11.1. The normalized spacial score (nSPS) is 11.5. The molecule has 0 heterocycles. The largest absolute Gasteiger partial charge is 0.385 e. The van der Waals surface area contributed by atoms with Crippen LogP contribution in [0.1, 0.15) is 17.5 Å². The summed E-state index contributed by atoms with van der Waals surface area (Å²) in [5.41, 5.74) is 5.70. The molecule has 0 unspecified atom stereocenters. The van der Waals surface area contributed by atoms with Gasteiger partial charge in [-0.1, -0.05) is 12.1 Å². The van der Waals surface area contributed by atoms with Gasteiger partial charge in [-0.3, -0.25) is 5.41 Å². The lowest BCUT2D eigenvalue weighted by Crippen LogP contribution is -2.27. The maximum atomic E-state index is 13.7. The Labute approximate surface area is 117 Å². The molecule has 1 aromatic rings. The van der Waals surface area contributed by atoms with Gasteiger partial charge in [0.15, 0.2) is 0 Å². The standard InChI is InChI=1S/C12H18FN3O3S/c1-19-5-2-6-20(17,18)16-8-10-4-3-9(12(14)15)7-11(10)13/h3-4,7,16H,2,5-6,8H2,1H3,(H3,14,15). The van der Waals surface area contributed by atoms with E-state index in [-0.39, 0.29) is 29.3 Å². The van der Waals surface area contributed by atoms with Crippen LogP contribution in [0.15, 0.2) is 18.2 Å². The van der Waals surface area contributed by atoms with E-state index in [1.807, 2.05) is 0 Å². The lowest BCUT2D eigenvalue weighted by atomic mass is 10.1. The molecule has 0 spiro atoms. The van der Waals surface area contributed by atoms with Crippen LogP contribution in [-0.4, -0.2) is 33.7 Å². The number of nitrogens with two attached hydrogens (primary N) is 1. The molecule has 0 atom stereocenters. The lowest BCUT2D eigenvalue weighted by molar-refractivity contribution is 0.199. The number of hydrogen-bond acceptors (Lipinski definition) is 4. The first-order valence-electron chi connectivity index (χ1n) is 5.95.